The number of hydrogen-bond donors (Lipinski definition) is 2. The van der Waals surface area contributed by atoms with Crippen LogP contribution in [-0.2, 0) is 0 Å². The van der Waals surface area contributed by atoms with Crippen LogP contribution in [0.15, 0.2) is 12.1 Å². The Morgan fingerprint density at radius 3 is 2.25 bits per heavy atom. The second kappa shape index (κ2) is 6.85. The molecule has 0 aliphatic heterocycles. The first-order valence-electron chi connectivity index (χ1n) is 6.12. The molecule has 0 aliphatic rings. The van der Waals surface area contributed by atoms with Crippen LogP contribution in [0, 0.1) is 11.6 Å². The molecule has 1 aromatic carbocycles. The Hall–Kier alpha value is -1.40. The lowest BCUT2D eigenvalue weighted by Crippen LogP contribution is -2.44. The van der Waals surface area contributed by atoms with Crippen LogP contribution in [0.2, 0.25) is 5.02 Å². The van der Waals surface area contributed by atoms with Gasteiger partial charge in [-0.3, -0.25) is 0 Å². The third-order valence-electron chi connectivity index (χ3n) is 2.58. The number of anilines is 1. The first-order valence-corrected chi connectivity index (χ1v) is 6.50. The maximum atomic E-state index is 13.6. The van der Waals surface area contributed by atoms with Gasteiger partial charge in [0.1, 0.15) is 5.69 Å². The highest BCUT2D eigenvalue weighted by Crippen LogP contribution is 2.24. The highest BCUT2D eigenvalue weighted by molar-refractivity contribution is 6.30. The predicted molar refractivity (Wildman–Crippen MR) is 73.9 cm³/mol. The Bertz CT molecular complexity index is 472. The van der Waals surface area contributed by atoms with Crippen molar-refractivity contribution in [3.05, 3.63) is 28.8 Å². The highest BCUT2D eigenvalue weighted by atomic mass is 35.5. The fourth-order valence-corrected chi connectivity index (χ4v) is 1.84. The number of halogens is 3. The molecule has 112 valence electrons. The molecule has 20 heavy (non-hydrogen) atoms. The van der Waals surface area contributed by atoms with E-state index in [1.54, 1.807) is 13.8 Å². The Kier molecular flexibility index (Phi) is 5.71. The van der Waals surface area contributed by atoms with E-state index in [9.17, 15) is 18.7 Å². The number of rotatable bonds is 4. The van der Waals surface area contributed by atoms with Gasteiger partial charge < -0.3 is 15.3 Å². The summed E-state index contributed by atoms with van der Waals surface area (Å²) in [5.41, 5.74) is -0.560. The molecule has 4 nitrogen and oxygen atoms in total. The van der Waals surface area contributed by atoms with Gasteiger partial charge in [-0.2, -0.15) is 0 Å². The number of benzene rings is 1. The summed E-state index contributed by atoms with van der Waals surface area (Å²) in [6, 6.07) is 0.896. The van der Waals surface area contributed by atoms with Crippen molar-refractivity contribution in [2.75, 3.05) is 11.9 Å². The summed E-state index contributed by atoms with van der Waals surface area (Å²) >= 11 is 5.50. The third-order valence-corrected chi connectivity index (χ3v) is 2.80. The fraction of sp³-hybridized carbons (Fsp3) is 0.462. The van der Waals surface area contributed by atoms with Gasteiger partial charge in [0.25, 0.3) is 0 Å². The molecule has 0 bridgehead atoms. The van der Waals surface area contributed by atoms with Crippen LogP contribution in [0.3, 0.4) is 0 Å². The van der Waals surface area contributed by atoms with Crippen LogP contribution in [0.4, 0.5) is 19.3 Å². The van der Waals surface area contributed by atoms with E-state index in [0.29, 0.717) is 0 Å². The molecule has 0 saturated carbocycles. The molecule has 2 N–H and O–H groups in total. The number of nitrogens with zero attached hydrogens (tertiary/aromatic N) is 1. The van der Waals surface area contributed by atoms with Crippen molar-refractivity contribution in [2.24, 2.45) is 0 Å². The number of urea groups is 1. The lowest BCUT2D eigenvalue weighted by Gasteiger charge is -2.28. The molecule has 1 unspecified atom stereocenters. The standard InChI is InChI=1S/C13H17ClF2N2O2/c1-7(2)18(6-8(3)19)13(20)17-12-10(15)4-9(14)5-11(12)16/h4-5,7-8,19H,6H2,1-3H3,(H,17,20). The van der Waals surface area contributed by atoms with Crippen LogP contribution in [0.25, 0.3) is 0 Å². The molecule has 0 radical (unpaired) electrons. The number of aliphatic hydroxyl groups excluding tert-OH is 1. The number of carbonyl (C=O) groups is 1. The summed E-state index contributed by atoms with van der Waals surface area (Å²) in [6.07, 6.45) is -0.747. The Morgan fingerprint density at radius 1 is 1.35 bits per heavy atom. The van der Waals surface area contributed by atoms with Gasteiger partial charge in [0.2, 0.25) is 0 Å². The van der Waals surface area contributed by atoms with Gasteiger partial charge in [-0.1, -0.05) is 11.6 Å². The lowest BCUT2D eigenvalue weighted by molar-refractivity contribution is 0.125. The largest absolute Gasteiger partial charge is 0.392 e. The number of aliphatic hydroxyl groups is 1. The van der Waals surface area contributed by atoms with Gasteiger partial charge in [0, 0.05) is 17.6 Å². The van der Waals surface area contributed by atoms with E-state index >= 15 is 0 Å². The van der Waals surface area contributed by atoms with Gasteiger partial charge in [-0.05, 0) is 32.9 Å². The zero-order valence-electron chi connectivity index (χ0n) is 11.5. The zero-order chi connectivity index (χ0) is 15.4. The molecule has 1 atom stereocenters. The Balaban J connectivity index is 2.94. The quantitative estimate of drug-likeness (QED) is 0.897. The molecule has 2 amide bonds. The average molecular weight is 307 g/mol. The van der Waals surface area contributed by atoms with Crippen molar-refractivity contribution in [1.29, 1.82) is 0 Å². The maximum Gasteiger partial charge on any atom is 0.322 e. The van der Waals surface area contributed by atoms with Crippen LogP contribution < -0.4 is 5.32 Å². The monoisotopic (exact) mass is 306 g/mol. The Morgan fingerprint density at radius 2 is 1.85 bits per heavy atom. The van der Waals surface area contributed by atoms with E-state index in [-0.39, 0.29) is 17.6 Å². The zero-order valence-corrected chi connectivity index (χ0v) is 12.2. The second-order valence-electron chi connectivity index (χ2n) is 4.77. The van der Waals surface area contributed by atoms with Crippen molar-refractivity contribution in [2.45, 2.75) is 32.9 Å². The Labute approximate surface area is 121 Å². The van der Waals surface area contributed by atoms with Crippen molar-refractivity contribution in [1.82, 2.24) is 4.90 Å². The van der Waals surface area contributed by atoms with Crippen LogP contribution >= 0.6 is 11.6 Å². The predicted octanol–water partition coefficient (Wildman–Crippen LogP) is 3.24. The summed E-state index contributed by atoms with van der Waals surface area (Å²) < 4.78 is 27.2. The van der Waals surface area contributed by atoms with Gasteiger partial charge in [-0.25, -0.2) is 13.6 Å². The second-order valence-corrected chi connectivity index (χ2v) is 5.21. The molecule has 7 heteroatoms. The van der Waals surface area contributed by atoms with Crippen molar-refractivity contribution in [3.63, 3.8) is 0 Å². The number of amides is 2. The molecule has 0 saturated heterocycles. The molecule has 0 spiro atoms. The van der Waals surface area contributed by atoms with E-state index in [4.69, 9.17) is 11.6 Å². The molecule has 0 aromatic heterocycles. The van der Waals surface area contributed by atoms with Crippen LogP contribution in [0.5, 0.6) is 0 Å². The summed E-state index contributed by atoms with van der Waals surface area (Å²) in [7, 11) is 0. The molecule has 1 aromatic rings. The first-order chi connectivity index (χ1) is 9.22. The molecule has 0 fully saturated rings. The molecule has 0 heterocycles. The lowest BCUT2D eigenvalue weighted by atomic mass is 10.2. The number of carbonyl (C=O) groups excluding carboxylic acids is 1. The fourth-order valence-electron chi connectivity index (χ4n) is 1.65. The molecular weight excluding hydrogens is 290 g/mol. The van der Waals surface area contributed by atoms with Crippen molar-refractivity contribution < 1.29 is 18.7 Å². The number of nitrogens with one attached hydrogen (secondary N) is 1. The van der Waals surface area contributed by atoms with Crippen molar-refractivity contribution in [3.8, 4) is 0 Å². The normalized spacial score (nSPS) is 12.4. The maximum absolute atomic E-state index is 13.6. The van der Waals surface area contributed by atoms with E-state index in [1.807, 2.05) is 0 Å². The number of hydrogen-bond acceptors (Lipinski definition) is 2. The van der Waals surface area contributed by atoms with E-state index in [0.717, 1.165) is 12.1 Å². The SMILES string of the molecule is CC(O)CN(C(=O)Nc1c(F)cc(Cl)cc1F)C(C)C. The van der Waals surface area contributed by atoms with Gasteiger partial charge in [0.05, 0.1) is 6.10 Å². The third kappa shape index (κ3) is 4.31. The van der Waals surface area contributed by atoms with Gasteiger partial charge in [-0.15, -0.1) is 0 Å². The van der Waals surface area contributed by atoms with Crippen LogP contribution in [-0.4, -0.2) is 34.7 Å². The first kappa shape index (κ1) is 16.7. The molecule has 0 aliphatic carbocycles. The topological polar surface area (TPSA) is 52.6 Å². The summed E-state index contributed by atoms with van der Waals surface area (Å²) in [4.78, 5) is 13.3. The molecule has 1 rings (SSSR count). The van der Waals surface area contributed by atoms with Gasteiger partial charge in [0.15, 0.2) is 11.6 Å². The van der Waals surface area contributed by atoms with Gasteiger partial charge >= 0.3 is 6.03 Å². The summed E-state index contributed by atoms with van der Waals surface area (Å²) in [6.45, 7) is 5.04. The highest BCUT2D eigenvalue weighted by Gasteiger charge is 2.21. The summed E-state index contributed by atoms with van der Waals surface area (Å²) in [5, 5.41) is 11.4. The molecular formula is C13H17ClF2N2O2. The van der Waals surface area contributed by atoms with E-state index in [1.165, 1.54) is 11.8 Å². The van der Waals surface area contributed by atoms with E-state index < -0.39 is 29.5 Å². The van der Waals surface area contributed by atoms with E-state index in [2.05, 4.69) is 5.32 Å². The minimum atomic E-state index is -0.955. The van der Waals surface area contributed by atoms with Crippen molar-refractivity contribution >= 4 is 23.3 Å². The summed E-state index contributed by atoms with van der Waals surface area (Å²) in [5.74, 6) is -1.91. The van der Waals surface area contributed by atoms with Crippen LogP contribution in [0.1, 0.15) is 20.8 Å². The smallest absolute Gasteiger partial charge is 0.322 e. The minimum absolute atomic E-state index is 0.0559. The minimum Gasteiger partial charge on any atom is -0.392 e. The average Bonchev–Trinajstić information content (AvgIpc) is 2.29.